The predicted molar refractivity (Wildman–Crippen MR) is 100 cm³/mol. The van der Waals surface area contributed by atoms with Gasteiger partial charge in [0.15, 0.2) is 0 Å². The fourth-order valence-corrected chi connectivity index (χ4v) is 3.37. The molecule has 0 radical (unpaired) electrons. The summed E-state index contributed by atoms with van der Waals surface area (Å²) in [7, 11) is 0. The lowest BCUT2D eigenvalue weighted by molar-refractivity contribution is 0.460. The Hall–Kier alpha value is -2.10. The molecule has 1 heterocycles. The second kappa shape index (κ2) is 8.13. The Labute approximate surface area is 145 Å². The van der Waals surface area contributed by atoms with E-state index in [0.717, 1.165) is 30.5 Å². The van der Waals surface area contributed by atoms with E-state index in [1.165, 1.54) is 37.7 Å². The van der Waals surface area contributed by atoms with Crippen LogP contribution in [0.15, 0.2) is 36.4 Å². The highest BCUT2D eigenvalue weighted by atomic mass is 15.2. The van der Waals surface area contributed by atoms with Gasteiger partial charge in [-0.05, 0) is 32.3 Å². The third-order valence-corrected chi connectivity index (χ3v) is 4.70. The second-order valence-corrected chi connectivity index (χ2v) is 6.67. The summed E-state index contributed by atoms with van der Waals surface area (Å²) in [5.74, 6) is 1.79. The van der Waals surface area contributed by atoms with Gasteiger partial charge in [-0.1, -0.05) is 49.6 Å². The monoisotopic (exact) mass is 324 g/mol. The smallest absolute Gasteiger partial charge is 0.225 e. The third-order valence-electron chi connectivity index (χ3n) is 4.70. The van der Waals surface area contributed by atoms with E-state index in [1.54, 1.807) is 0 Å². The zero-order valence-corrected chi connectivity index (χ0v) is 14.8. The van der Waals surface area contributed by atoms with E-state index in [4.69, 9.17) is 4.98 Å². The molecule has 1 fully saturated rings. The van der Waals surface area contributed by atoms with Crippen LogP contribution in [0.1, 0.15) is 50.3 Å². The molecule has 0 aliphatic heterocycles. The highest BCUT2D eigenvalue weighted by molar-refractivity contribution is 5.45. The summed E-state index contributed by atoms with van der Waals surface area (Å²) >= 11 is 0. The van der Waals surface area contributed by atoms with Crippen molar-refractivity contribution in [3.8, 4) is 0 Å². The van der Waals surface area contributed by atoms with Gasteiger partial charge in [0.05, 0.1) is 0 Å². The van der Waals surface area contributed by atoms with Crippen LogP contribution in [0.2, 0.25) is 0 Å². The molecule has 1 aromatic carbocycles. The van der Waals surface area contributed by atoms with E-state index in [1.807, 2.05) is 6.92 Å². The summed E-state index contributed by atoms with van der Waals surface area (Å²) in [5, 5.41) is 3.56. The lowest BCUT2D eigenvalue weighted by Crippen LogP contribution is -2.26. The minimum absolute atomic E-state index is 0.526. The Kier molecular flexibility index (Phi) is 5.68. The molecule has 2 aromatic rings. The molecule has 128 valence electrons. The SMILES string of the molecule is CCN(Cc1ccccc1)c1cc(C)nc(NC2CCCCC2)n1. The van der Waals surface area contributed by atoms with Crippen molar-refractivity contribution in [2.75, 3.05) is 16.8 Å². The van der Waals surface area contributed by atoms with Crippen molar-refractivity contribution in [3.05, 3.63) is 47.7 Å². The summed E-state index contributed by atoms with van der Waals surface area (Å²) in [6.45, 7) is 6.02. The van der Waals surface area contributed by atoms with Crippen LogP contribution < -0.4 is 10.2 Å². The quantitative estimate of drug-likeness (QED) is 0.846. The maximum atomic E-state index is 4.80. The largest absolute Gasteiger partial charge is 0.352 e. The number of nitrogens with one attached hydrogen (secondary N) is 1. The molecule has 4 heteroatoms. The Bertz CT molecular complexity index is 635. The average Bonchev–Trinajstić information content (AvgIpc) is 2.61. The topological polar surface area (TPSA) is 41.1 Å². The molecule has 1 aliphatic rings. The number of rotatable bonds is 6. The first kappa shape index (κ1) is 16.7. The van der Waals surface area contributed by atoms with Crippen LogP contribution in [-0.2, 0) is 6.54 Å². The fourth-order valence-electron chi connectivity index (χ4n) is 3.37. The van der Waals surface area contributed by atoms with Crippen molar-refractivity contribution >= 4 is 11.8 Å². The van der Waals surface area contributed by atoms with E-state index in [-0.39, 0.29) is 0 Å². The molecule has 0 spiro atoms. The fraction of sp³-hybridized carbons (Fsp3) is 0.500. The normalized spacial score (nSPS) is 15.2. The molecule has 0 saturated heterocycles. The van der Waals surface area contributed by atoms with Crippen LogP contribution in [0.25, 0.3) is 0 Å². The highest BCUT2D eigenvalue weighted by Gasteiger charge is 2.16. The Morgan fingerprint density at radius 2 is 1.83 bits per heavy atom. The first-order valence-corrected chi connectivity index (χ1v) is 9.15. The maximum Gasteiger partial charge on any atom is 0.225 e. The van der Waals surface area contributed by atoms with E-state index in [9.17, 15) is 0 Å². The molecule has 1 N–H and O–H groups in total. The van der Waals surface area contributed by atoms with Crippen molar-refractivity contribution in [2.24, 2.45) is 0 Å². The predicted octanol–water partition coefficient (Wildman–Crippen LogP) is 4.56. The molecule has 1 saturated carbocycles. The lowest BCUT2D eigenvalue weighted by atomic mass is 9.96. The summed E-state index contributed by atoms with van der Waals surface area (Å²) in [5.41, 5.74) is 2.32. The van der Waals surface area contributed by atoms with Crippen LogP contribution in [0.3, 0.4) is 0 Å². The van der Waals surface area contributed by atoms with Gasteiger partial charge < -0.3 is 10.2 Å². The molecule has 4 nitrogen and oxygen atoms in total. The maximum absolute atomic E-state index is 4.80. The number of hydrogen-bond donors (Lipinski definition) is 1. The molecule has 3 rings (SSSR count). The lowest BCUT2D eigenvalue weighted by Gasteiger charge is -2.25. The molecule has 0 amide bonds. The zero-order valence-electron chi connectivity index (χ0n) is 14.8. The van der Waals surface area contributed by atoms with Gasteiger partial charge in [-0.2, -0.15) is 4.98 Å². The van der Waals surface area contributed by atoms with Gasteiger partial charge in [0.1, 0.15) is 5.82 Å². The van der Waals surface area contributed by atoms with Crippen LogP contribution in [0.4, 0.5) is 11.8 Å². The molecule has 1 aliphatic carbocycles. The first-order chi connectivity index (χ1) is 11.7. The van der Waals surface area contributed by atoms with Crippen LogP contribution in [0, 0.1) is 6.92 Å². The number of benzene rings is 1. The van der Waals surface area contributed by atoms with Gasteiger partial charge in [0.2, 0.25) is 5.95 Å². The minimum Gasteiger partial charge on any atom is -0.352 e. The van der Waals surface area contributed by atoms with Crippen LogP contribution >= 0.6 is 0 Å². The Morgan fingerprint density at radius 3 is 2.54 bits per heavy atom. The third kappa shape index (κ3) is 4.47. The Morgan fingerprint density at radius 1 is 1.08 bits per heavy atom. The average molecular weight is 324 g/mol. The van der Waals surface area contributed by atoms with E-state index in [2.05, 4.69) is 58.5 Å². The van der Waals surface area contributed by atoms with E-state index in [0.29, 0.717) is 6.04 Å². The molecule has 0 unspecified atom stereocenters. The Balaban J connectivity index is 1.75. The molecular formula is C20H28N4. The standard InChI is InChI=1S/C20H28N4/c1-3-24(15-17-10-6-4-7-11-17)19-14-16(2)21-20(23-19)22-18-12-8-5-9-13-18/h4,6-7,10-11,14,18H,3,5,8-9,12-13,15H2,1-2H3,(H,21,22,23). The first-order valence-electron chi connectivity index (χ1n) is 9.15. The summed E-state index contributed by atoms with van der Waals surface area (Å²) in [4.78, 5) is 11.7. The number of nitrogens with zero attached hydrogens (tertiary/aromatic N) is 3. The number of hydrogen-bond acceptors (Lipinski definition) is 4. The van der Waals surface area contributed by atoms with Gasteiger partial charge in [-0.3, -0.25) is 0 Å². The van der Waals surface area contributed by atoms with Crippen LogP contribution in [-0.4, -0.2) is 22.6 Å². The van der Waals surface area contributed by atoms with E-state index >= 15 is 0 Å². The van der Waals surface area contributed by atoms with Gasteiger partial charge in [0, 0.05) is 30.9 Å². The second-order valence-electron chi connectivity index (χ2n) is 6.67. The summed E-state index contributed by atoms with van der Waals surface area (Å²) in [6, 6.07) is 13.2. The van der Waals surface area contributed by atoms with Crippen molar-refractivity contribution in [1.29, 1.82) is 0 Å². The molecule has 0 atom stereocenters. The summed E-state index contributed by atoms with van der Waals surface area (Å²) < 4.78 is 0. The molecular weight excluding hydrogens is 296 g/mol. The van der Waals surface area contributed by atoms with Gasteiger partial charge in [-0.15, -0.1) is 0 Å². The highest BCUT2D eigenvalue weighted by Crippen LogP contribution is 2.22. The molecule has 1 aromatic heterocycles. The van der Waals surface area contributed by atoms with Crippen LogP contribution in [0.5, 0.6) is 0 Å². The molecule has 24 heavy (non-hydrogen) atoms. The van der Waals surface area contributed by atoms with Gasteiger partial charge in [-0.25, -0.2) is 4.98 Å². The van der Waals surface area contributed by atoms with Crippen molar-refractivity contribution in [2.45, 2.75) is 58.5 Å². The number of aromatic nitrogens is 2. The van der Waals surface area contributed by atoms with Crippen molar-refractivity contribution in [1.82, 2.24) is 9.97 Å². The van der Waals surface area contributed by atoms with Gasteiger partial charge >= 0.3 is 0 Å². The van der Waals surface area contributed by atoms with E-state index < -0.39 is 0 Å². The number of anilines is 2. The van der Waals surface area contributed by atoms with Crippen molar-refractivity contribution in [3.63, 3.8) is 0 Å². The minimum atomic E-state index is 0.526. The zero-order chi connectivity index (χ0) is 16.8. The molecule has 0 bridgehead atoms. The summed E-state index contributed by atoms with van der Waals surface area (Å²) in [6.07, 6.45) is 6.44. The van der Waals surface area contributed by atoms with Gasteiger partial charge in [0.25, 0.3) is 0 Å². The number of aryl methyl sites for hydroxylation is 1. The van der Waals surface area contributed by atoms with Crippen molar-refractivity contribution < 1.29 is 0 Å².